The lowest BCUT2D eigenvalue weighted by Crippen LogP contribution is -2.30. The third-order valence-electron chi connectivity index (χ3n) is 1.98. The quantitative estimate of drug-likeness (QED) is 0.650. The van der Waals surface area contributed by atoms with E-state index in [1.54, 1.807) is 11.8 Å². The molecule has 0 radical (unpaired) electrons. The van der Waals surface area contributed by atoms with Gasteiger partial charge in [-0.2, -0.15) is 11.8 Å². The van der Waals surface area contributed by atoms with Crippen LogP contribution in [0.25, 0.3) is 0 Å². The Hall–Kier alpha value is -1.12. The minimum Gasteiger partial charge on any atom is -0.480 e. The maximum atomic E-state index is 10.8. The van der Waals surface area contributed by atoms with E-state index in [-0.39, 0.29) is 5.91 Å². The number of carboxylic acids is 1. The van der Waals surface area contributed by atoms with Crippen LogP contribution in [0.15, 0.2) is 5.38 Å². The van der Waals surface area contributed by atoms with Crippen LogP contribution in [-0.4, -0.2) is 33.8 Å². The number of thiazole rings is 1. The number of nitrogens with two attached hydrogens (primary N) is 1. The third-order valence-corrected chi connectivity index (χ3v) is 3.81. The Labute approximate surface area is 113 Å². The predicted molar refractivity (Wildman–Crippen MR) is 72.8 cm³/mol. The van der Waals surface area contributed by atoms with E-state index in [2.05, 4.69) is 10.3 Å². The maximum absolute atomic E-state index is 10.8. The van der Waals surface area contributed by atoms with Gasteiger partial charge in [-0.05, 0) is 12.2 Å². The normalized spacial score (nSPS) is 12.1. The number of nitrogens with one attached hydrogen (secondary N) is 1. The monoisotopic (exact) mass is 289 g/mol. The highest BCUT2D eigenvalue weighted by atomic mass is 32.2. The highest BCUT2D eigenvalue weighted by Crippen LogP contribution is 2.20. The Balaban J connectivity index is 2.25. The smallest absolute Gasteiger partial charge is 0.320 e. The molecule has 0 aliphatic heterocycles. The van der Waals surface area contributed by atoms with Crippen LogP contribution < -0.4 is 11.1 Å². The molecule has 1 heterocycles. The topological polar surface area (TPSA) is 105 Å². The van der Waals surface area contributed by atoms with E-state index in [4.69, 9.17) is 10.8 Å². The molecule has 8 heteroatoms. The van der Waals surface area contributed by atoms with Gasteiger partial charge in [0.2, 0.25) is 5.91 Å². The molecule has 18 heavy (non-hydrogen) atoms. The lowest BCUT2D eigenvalue weighted by Gasteiger charge is -2.04. The molecule has 0 saturated heterocycles. The van der Waals surface area contributed by atoms with Crippen LogP contribution in [0.2, 0.25) is 0 Å². The maximum Gasteiger partial charge on any atom is 0.320 e. The molecule has 0 aliphatic rings. The number of amides is 1. The van der Waals surface area contributed by atoms with E-state index >= 15 is 0 Å². The predicted octanol–water partition coefficient (Wildman–Crippen LogP) is 1.14. The van der Waals surface area contributed by atoms with Gasteiger partial charge in [0, 0.05) is 18.1 Å². The third kappa shape index (κ3) is 5.48. The van der Waals surface area contributed by atoms with E-state index in [1.807, 2.05) is 5.38 Å². The Bertz CT molecular complexity index is 422. The first-order chi connectivity index (χ1) is 8.49. The van der Waals surface area contributed by atoms with Crippen LogP contribution in [-0.2, 0) is 15.3 Å². The van der Waals surface area contributed by atoms with Gasteiger partial charge < -0.3 is 16.2 Å². The summed E-state index contributed by atoms with van der Waals surface area (Å²) >= 11 is 2.94. The average Bonchev–Trinajstić information content (AvgIpc) is 2.70. The van der Waals surface area contributed by atoms with Crippen molar-refractivity contribution in [3.63, 3.8) is 0 Å². The molecule has 1 amide bonds. The van der Waals surface area contributed by atoms with Gasteiger partial charge in [-0.1, -0.05) is 0 Å². The van der Waals surface area contributed by atoms with Gasteiger partial charge in [0.1, 0.15) is 6.04 Å². The average molecular weight is 289 g/mol. The Kier molecular flexibility index (Phi) is 6.10. The number of rotatable bonds is 7. The summed E-state index contributed by atoms with van der Waals surface area (Å²) in [5.74, 6) is 0.233. The highest BCUT2D eigenvalue weighted by molar-refractivity contribution is 7.98. The van der Waals surface area contributed by atoms with E-state index < -0.39 is 12.0 Å². The summed E-state index contributed by atoms with van der Waals surface area (Å²) in [6.45, 7) is 1.43. The van der Waals surface area contributed by atoms with Crippen molar-refractivity contribution in [1.29, 1.82) is 0 Å². The van der Waals surface area contributed by atoms with Crippen LogP contribution in [0.1, 0.15) is 19.0 Å². The number of aromatic nitrogens is 1. The van der Waals surface area contributed by atoms with E-state index in [0.29, 0.717) is 23.1 Å². The van der Waals surface area contributed by atoms with Gasteiger partial charge in [0.05, 0.1) is 5.69 Å². The lowest BCUT2D eigenvalue weighted by molar-refractivity contribution is -0.138. The number of nitrogens with zero attached hydrogens (tertiary/aromatic N) is 1. The first-order valence-electron chi connectivity index (χ1n) is 5.27. The first-order valence-corrected chi connectivity index (χ1v) is 7.30. The van der Waals surface area contributed by atoms with Crippen LogP contribution >= 0.6 is 23.1 Å². The largest absolute Gasteiger partial charge is 0.480 e. The number of hydrogen-bond donors (Lipinski definition) is 3. The van der Waals surface area contributed by atoms with Crippen LogP contribution in [0, 0.1) is 0 Å². The van der Waals surface area contributed by atoms with E-state index in [0.717, 1.165) is 5.69 Å². The Morgan fingerprint density at radius 2 is 2.39 bits per heavy atom. The zero-order valence-corrected chi connectivity index (χ0v) is 11.5. The number of aliphatic carboxylic acids is 1. The second-order valence-electron chi connectivity index (χ2n) is 3.61. The molecular weight excluding hydrogens is 274 g/mol. The fraction of sp³-hybridized carbons (Fsp3) is 0.500. The van der Waals surface area contributed by atoms with Crippen molar-refractivity contribution in [3.8, 4) is 0 Å². The van der Waals surface area contributed by atoms with Crippen LogP contribution in [0.5, 0.6) is 0 Å². The van der Waals surface area contributed by atoms with Crippen LogP contribution in [0.4, 0.5) is 5.13 Å². The van der Waals surface area contributed by atoms with Crippen molar-refractivity contribution >= 4 is 40.1 Å². The molecule has 4 N–H and O–H groups in total. The zero-order valence-electron chi connectivity index (χ0n) is 9.88. The summed E-state index contributed by atoms with van der Waals surface area (Å²) in [4.78, 5) is 25.5. The van der Waals surface area contributed by atoms with Gasteiger partial charge in [0.25, 0.3) is 0 Å². The second-order valence-corrected chi connectivity index (χ2v) is 5.57. The fourth-order valence-corrected chi connectivity index (χ4v) is 2.88. The molecule has 1 rings (SSSR count). The molecule has 0 aromatic carbocycles. The van der Waals surface area contributed by atoms with Gasteiger partial charge in [-0.15, -0.1) is 11.3 Å². The molecule has 1 aromatic rings. The second kappa shape index (κ2) is 7.34. The summed E-state index contributed by atoms with van der Waals surface area (Å²) in [5.41, 5.74) is 6.25. The standard InChI is InChI=1S/C10H15N3O3S2/c1-6(14)12-10-13-7(5-18-10)4-17-3-2-8(11)9(15)16/h5,8H,2-4,11H2,1H3,(H,15,16)(H,12,13,14). The van der Waals surface area contributed by atoms with Crippen molar-refractivity contribution in [2.75, 3.05) is 11.1 Å². The van der Waals surface area contributed by atoms with Crippen molar-refractivity contribution < 1.29 is 14.7 Å². The first kappa shape index (κ1) is 14.9. The zero-order chi connectivity index (χ0) is 13.5. The van der Waals surface area contributed by atoms with E-state index in [9.17, 15) is 9.59 Å². The summed E-state index contributed by atoms with van der Waals surface area (Å²) in [7, 11) is 0. The molecule has 100 valence electrons. The Morgan fingerprint density at radius 3 is 3.00 bits per heavy atom. The molecule has 0 saturated carbocycles. The highest BCUT2D eigenvalue weighted by Gasteiger charge is 2.10. The van der Waals surface area contributed by atoms with Gasteiger partial charge >= 0.3 is 5.97 Å². The molecule has 6 nitrogen and oxygen atoms in total. The molecule has 0 fully saturated rings. The SMILES string of the molecule is CC(=O)Nc1nc(CSCCC(N)C(=O)O)cs1. The molecule has 0 spiro atoms. The number of carbonyl (C=O) groups excluding carboxylic acids is 1. The van der Waals surface area contributed by atoms with Gasteiger partial charge in [0.15, 0.2) is 5.13 Å². The summed E-state index contributed by atoms with van der Waals surface area (Å²) in [6, 6.07) is -0.803. The van der Waals surface area contributed by atoms with Gasteiger partial charge in [-0.3, -0.25) is 9.59 Å². The Morgan fingerprint density at radius 1 is 1.67 bits per heavy atom. The molecule has 1 atom stereocenters. The fourth-order valence-electron chi connectivity index (χ4n) is 1.09. The minimum atomic E-state index is -0.975. The van der Waals surface area contributed by atoms with Crippen molar-refractivity contribution in [1.82, 2.24) is 4.98 Å². The minimum absolute atomic E-state index is 0.143. The van der Waals surface area contributed by atoms with Gasteiger partial charge in [-0.25, -0.2) is 4.98 Å². The molecular formula is C10H15N3O3S2. The molecule has 1 unspecified atom stereocenters. The molecule has 0 aliphatic carbocycles. The summed E-state index contributed by atoms with van der Waals surface area (Å²) in [6.07, 6.45) is 0.433. The number of carboxylic acid groups (broad SMARTS) is 1. The number of hydrogen-bond acceptors (Lipinski definition) is 6. The van der Waals surface area contributed by atoms with E-state index in [1.165, 1.54) is 18.3 Å². The van der Waals surface area contributed by atoms with Crippen molar-refractivity contribution in [2.45, 2.75) is 25.1 Å². The van der Waals surface area contributed by atoms with Crippen molar-refractivity contribution in [2.24, 2.45) is 5.73 Å². The summed E-state index contributed by atoms with van der Waals surface area (Å²) < 4.78 is 0. The molecule has 0 bridgehead atoms. The molecule has 1 aromatic heterocycles. The number of carbonyl (C=O) groups is 2. The van der Waals surface area contributed by atoms with Crippen molar-refractivity contribution in [3.05, 3.63) is 11.1 Å². The lowest BCUT2D eigenvalue weighted by atomic mass is 10.2. The van der Waals surface area contributed by atoms with Crippen LogP contribution in [0.3, 0.4) is 0 Å². The number of thioether (sulfide) groups is 1. The number of anilines is 1. The summed E-state index contributed by atoms with van der Waals surface area (Å²) in [5, 5.41) is 13.7.